The Morgan fingerprint density at radius 3 is 2.20 bits per heavy atom. The zero-order valence-corrected chi connectivity index (χ0v) is 12.4. The van der Waals surface area contributed by atoms with E-state index in [9.17, 15) is 0 Å². The number of aryl methyl sites for hydroxylation is 2. The molecule has 0 radical (unpaired) electrons. The fraction of sp³-hybridized carbons (Fsp3) is 0.333. The summed E-state index contributed by atoms with van der Waals surface area (Å²) in [4.78, 5) is 0. The molecule has 0 aliphatic heterocycles. The lowest BCUT2D eigenvalue weighted by Gasteiger charge is -2.10. The van der Waals surface area contributed by atoms with Gasteiger partial charge in [0, 0.05) is 6.54 Å². The molecule has 20 heavy (non-hydrogen) atoms. The molecule has 3 N–H and O–H groups in total. The number of nitrogens with two attached hydrogens (primary N) is 1. The van der Waals surface area contributed by atoms with Crippen LogP contribution in [0.15, 0.2) is 42.5 Å². The second-order valence-electron chi connectivity index (χ2n) is 5.33. The summed E-state index contributed by atoms with van der Waals surface area (Å²) in [5.74, 6) is 0. The van der Waals surface area contributed by atoms with Crippen molar-refractivity contribution in [2.45, 2.75) is 33.1 Å². The van der Waals surface area contributed by atoms with Gasteiger partial charge in [-0.2, -0.15) is 0 Å². The first-order valence-corrected chi connectivity index (χ1v) is 7.37. The van der Waals surface area contributed by atoms with Crippen molar-refractivity contribution in [3.8, 4) is 0 Å². The van der Waals surface area contributed by atoms with Gasteiger partial charge in [0.25, 0.3) is 0 Å². The van der Waals surface area contributed by atoms with Crippen LogP contribution in [0.3, 0.4) is 0 Å². The van der Waals surface area contributed by atoms with Crippen molar-refractivity contribution in [2.24, 2.45) is 0 Å². The first-order chi connectivity index (χ1) is 9.69. The molecule has 2 heteroatoms. The molecule has 2 aromatic rings. The smallest absolute Gasteiger partial charge is 0.0574 e. The van der Waals surface area contributed by atoms with Crippen molar-refractivity contribution >= 4 is 11.4 Å². The Labute approximate surface area is 122 Å². The van der Waals surface area contributed by atoms with E-state index in [4.69, 9.17) is 5.73 Å². The van der Waals surface area contributed by atoms with Gasteiger partial charge in [0.2, 0.25) is 0 Å². The minimum atomic E-state index is 0.822. The number of hydrogen-bond donors (Lipinski definition) is 2. The largest absolute Gasteiger partial charge is 0.397 e. The minimum Gasteiger partial charge on any atom is -0.397 e. The maximum Gasteiger partial charge on any atom is 0.0574 e. The van der Waals surface area contributed by atoms with Crippen LogP contribution in [0.2, 0.25) is 0 Å². The molecule has 0 fully saturated rings. The van der Waals surface area contributed by atoms with E-state index < -0.39 is 0 Å². The summed E-state index contributed by atoms with van der Waals surface area (Å²) >= 11 is 0. The van der Waals surface area contributed by atoms with E-state index in [-0.39, 0.29) is 0 Å². The third kappa shape index (κ3) is 4.02. The molecule has 0 bridgehead atoms. The summed E-state index contributed by atoms with van der Waals surface area (Å²) in [5, 5.41) is 3.40. The molecule has 0 saturated heterocycles. The van der Waals surface area contributed by atoms with Gasteiger partial charge in [-0.05, 0) is 48.6 Å². The normalized spacial score (nSPS) is 10.5. The van der Waals surface area contributed by atoms with Gasteiger partial charge >= 0.3 is 0 Å². The molecule has 2 rings (SSSR count). The highest BCUT2D eigenvalue weighted by Gasteiger charge is 1.99. The van der Waals surface area contributed by atoms with Crippen molar-refractivity contribution < 1.29 is 0 Å². The van der Waals surface area contributed by atoms with E-state index in [1.54, 1.807) is 0 Å². The zero-order valence-electron chi connectivity index (χ0n) is 12.4. The first kappa shape index (κ1) is 14.4. The van der Waals surface area contributed by atoms with Crippen LogP contribution < -0.4 is 11.1 Å². The lowest BCUT2D eigenvalue weighted by Crippen LogP contribution is -2.07. The lowest BCUT2D eigenvalue weighted by atomic mass is 10.1. The van der Waals surface area contributed by atoms with Crippen LogP contribution in [0.1, 0.15) is 30.0 Å². The van der Waals surface area contributed by atoms with Gasteiger partial charge in [-0.1, -0.05) is 43.7 Å². The van der Waals surface area contributed by atoms with E-state index in [0.717, 1.165) is 24.3 Å². The van der Waals surface area contributed by atoms with E-state index in [1.807, 2.05) is 6.07 Å². The third-order valence-electron chi connectivity index (χ3n) is 3.50. The maximum atomic E-state index is 5.99. The molecule has 0 atom stereocenters. The van der Waals surface area contributed by atoms with E-state index in [1.165, 1.54) is 29.5 Å². The third-order valence-corrected chi connectivity index (χ3v) is 3.50. The highest BCUT2D eigenvalue weighted by Crippen LogP contribution is 2.19. The predicted molar refractivity (Wildman–Crippen MR) is 88.2 cm³/mol. The molecule has 0 saturated carbocycles. The molecule has 0 spiro atoms. The van der Waals surface area contributed by atoms with Crippen LogP contribution in [-0.2, 0) is 12.8 Å². The van der Waals surface area contributed by atoms with Crippen LogP contribution in [0.25, 0.3) is 0 Å². The zero-order chi connectivity index (χ0) is 14.4. The number of rotatable bonds is 6. The van der Waals surface area contributed by atoms with Gasteiger partial charge in [-0.15, -0.1) is 0 Å². The second-order valence-corrected chi connectivity index (χ2v) is 5.33. The van der Waals surface area contributed by atoms with Crippen LogP contribution >= 0.6 is 0 Å². The molecule has 0 unspecified atom stereocenters. The summed E-state index contributed by atoms with van der Waals surface area (Å²) in [6, 6.07) is 15.1. The van der Waals surface area contributed by atoms with Gasteiger partial charge in [0.15, 0.2) is 0 Å². The van der Waals surface area contributed by atoms with Crippen molar-refractivity contribution in [3.63, 3.8) is 0 Å². The van der Waals surface area contributed by atoms with Gasteiger partial charge in [0.05, 0.1) is 11.4 Å². The Bertz CT molecular complexity index is 544. The monoisotopic (exact) mass is 268 g/mol. The molecule has 0 amide bonds. The Balaban J connectivity index is 1.86. The van der Waals surface area contributed by atoms with Crippen LogP contribution in [0.4, 0.5) is 11.4 Å². The molecule has 2 aromatic carbocycles. The van der Waals surface area contributed by atoms with Crippen molar-refractivity contribution in [1.29, 1.82) is 0 Å². The summed E-state index contributed by atoms with van der Waals surface area (Å²) < 4.78 is 0. The number of benzene rings is 2. The average molecular weight is 268 g/mol. The molecule has 0 heterocycles. The summed E-state index contributed by atoms with van der Waals surface area (Å²) in [7, 11) is 0. The first-order valence-electron chi connectivity index (χ1n) is 7.37. The predicted octanol–water partition coefficient (Wildman–Crippen LogP) is 4.18. The number of anilines is 2. The molecule has 106 valence electrons. The fourth-order valence-electron chi connectivity index (χ4n) is 2.35. The number of nitrogens with one attached hydrogen (secondary N) is 1. The van der Waals surface area contributed by atoms with E-state index in [0.29, 0.717) is 0 Å². The number of hydrogen-bond acceptors (Lipinski definition) is 2. The molecule has 2 nitrogen and oxygen atoms in total. The topological polar surface area (TPSA) is 38.0 Å². The van der Waals surface area contributed by atoms with Gasteiger partial charge < -0.3 is 11.1 Å². The maximum absolute atomic E-state index is 5.99. The summed E-state index contributed by atoms with van der Waals surface area (Å²) in [6.45, 7) is 5.17. The summed E-state index contributed by atoms with van der Waals surface area (Å²) in [5.41, 5.74) is 11.8. The van der Waals surface area contributed by atoms with Gasteiger partial charge in [-0.25, -0.2) is 0 Å². The van der Waals surface area contributed by atoms with Crippen molar-refractivity contribution in [3.05, 3.63) is 59.2 Å². The van der Waals surface area contributed by atoms with Gasteiger partial charge in [-0.3, -0.25) is 0 Å². The fourth-order valence-corrected chi connectivity index (χ4v) is 2.35. The van der Waals surface area contributed by atoms with Crippen molar-refractivity contribution in [1.82, 2.24) is 0 Å². The Kier molecular flexibility index (Phi) is 5.05. The minimum absolute atomic E-state index is 0.822. The molecule has 0 aliphatic rings. The lowest BCUT2D eigenvalue weighted by molar-refractivity contribution is 0.918. The molecular formula is C18H24N2. The standard InChI is InChI=1S/C18H24N2/c1-3-4-15-6-8-16(9-7-15)11-12-20-18-10-5-14(2)13-17(18)19/h5-10,13,20H,3-4,11-12,19H2,1-2H3. The second kappa shape index (κ2) is 6.99. The van der Waals surface area contributed by atoms with Crippen LogP contribution in [0, 0.1) is 6.92 Å². The number of nitrogen functional groups attached to an aromatic ring is 1. The highest BCUT2D eigenvalue weighted by atomic mass is 14.9. The van der Waals surface area contributed by atoms with Gasteiger partial charge in [0.1, 0.15) is 0 Å². The summed E-state index contributed by atoms with van der Waals surface area (Å²) in [6.07, 6.45) is 3.38. The van der Waals surface area contributed by atoms with Crippen LogP contribution in [0.5, 0.6) is 0 Å². The van der Waals surface area contributed by atoms with Crippen molar-refractivity contribution in [2.75, 3.05) is 17.6 Å². The van der Waals surface area contributed by atoms with E-state index >= 15 is 0 Å². The molecule has 0 aromatic heterocycles. The Morgan fingerprint density at radius 2 is 1.60 bits per heavy atom. The van der Waals surface area contributed by atoms with Crippen LogP contribution in [-0.4, -0.2) is 6.54 Å². The average Bonchev–Trinajstić information content (AvgIpc) is 2.43. The molecule has 0 aliphatic carbocycles. The molecular weight excluding hydrogens is 244 g/mol. The quantitative estimate of drug-likeness (QED) is 0.771. The SMILES string of the molecule is CCCc1ccc(CCNc2ccc(C)cc2N)cc1. The highest BCUT2D eigenvalue weighted by molar-refractivity contribution is 5.66. The Morgan fingerprint density at radius 1 is 0.950 bits per heavy atom. The Hall–Kier alpha value is -1.96. The van der Waals surface area contributed by atoms with E-state index in [2.05, 4.69) is 55.6 Å².